The zero-order valence-electron chi connectivity index (χ0n) is 23.6. The van der Waals surface area contributed by atoms with Crippen LogP contribution >= 0.6 is 0 Å². The average Bonchev–Trinajstić information content (AvgIpc) is 3.64. The monoisotopic (exact) mass is 501 g/mol. The number of hydrogen-bond acceptors (Lipinski definition) is 3. The van der Waals surface area contributed by atoms with Crippen LogP contribution in [0.15, 0.2) is 48.8 Å². The normalized spacial score (nSPS) is 21.8. The summed E-state index contributed by atoms with van der Waals surface area (Å²) in [7, 11) is 1.72. The number of likely N-dealkylation sites (tertiary alicyclic amines) is 2. The van der Waals surface area contributed by atoms with Crippen LogP contribution in [0.5, 0.6) is 0 Å². The summed E-state index contributed by atoms with van der Waals surface area (Å²) >= 11 is 0. The molecule has 0 radical (unpaired) electrons. The lowest BCUT2D eigenvalue weighted by atomic mass is 9.86. The molecule has 3 heterocycles. The van der Waals surface area contributed by atoms with Crippen LogP contribution in [0.4, 0.5) is 0 Å². The van der Waals surface area contributed by atoms with Gasteiger partial charge in [0, 0.05) is 29.1 Å². The fourth-order valence-electron chi connectivity index (χ4n) is 6.65. The van der Waals surface area contributed by atoms with E-state index in [1.54, 1.807) is 7.11 Å². The van der Waals surface area contributed by atoms with Crippen LogP contribution in [-0.2, 0) is 4.74 Å². The number of methoxy groups -OCH3 is 1. The van der Waals surface area contributed by atoms with Gasteiger partial charge in [0.25, 0.3) is 0 Å². The first kappa shape index (κ1) is 26.3. The lowest BCUT2D eigenvalue weighted by molar-refractivity contribution is 0.0856. The van der Waals surface area contributed by atoms with E-state index in [-0.39, 0.29) is 0 Å². The van der Waals surface area contributed by atoms with E-state index >= 15 is 0 Å². The molecule has 0 bridgehead atoms. The number of H-pyrrole nitrogens is 1. The summed E-state index contributed by atoms with van der Waals surface area (Å²) in [6.45, 7) is 17.0. The highest BCUT2D eigenvalue weighted by Crippen LogP contribution is 2.38. The Morgan fingerprint density at radius 1 is 1.08 bits per heavy atom. The quantitative estimate of drug-likeness (QED) is 0.286. The number of aromatic amines is 1. The first-order valence-electron chi connectivity index (χ1n) is 14.6. The third-order valence-electron chi connectivity index (χ3n) is 8.99. The number of ether oxygens (including phenoxy) is 1. The van der Waals surface area contributed by atoms with Crippen LogP contribution in [0.25, 0.3) is 16.5 Å². The van der Waals surface area contributed by atoms with Gasteiger partial charge in [-0.1, -0.05) is 38.6 Å². The van der Waals surface area contributed by atoms with Crippen molar-refractivity contribution in [3.05, 3.63) is 65.6 Å². The molecule has 5 rings (SSSR count). The van der Waals surface area contributed by atoms with E-state index in [1.165, 1.54) is 99.0 Å². The van der Waals surface area contributed by atoms with Crippen molar-refractivity contribution in [2.45, 2.75) is 77.2 Å². The minimum atomic E-state index is 0.413. The van der Waals surface area contributed by atoms with Crippen LogP contribution in [0.3, 0.4) is 0 Å². The number of nitrogens with one attached hydrogen (secondary N) is 1. The van der Waals surface area contributed by atoms with Gasteiger partial charge in [0.2, 0.25) is 0 Å². The second-order valence-corrected chi connectivity index (χ2v) is 12.0. The van der Waals surface area contributed by atoms with Gasteiger partial charge in [-0.25, -0.2) is 0 Å². The molecule has 0 spiro atoms. The Balaban J connectivity index is 1.30. The molecular weight excluding hydrogens is 454 g/mol. The topological polar surface area (TPSA) is 31.5 Å². The summed E-state index contributed by atoms with van der Waals surface area (Å²) in [4.78, 5) is 9.28. The Hall–Kier alpha value is -2.30. The number of hydrogen-bond donors (Lipinski definition) is 1. The molecule has 2 saturated heterocycles. The van der Waals surface area contributed by atoms with E-state index in [0.717, 1.165) is 23.3 Å². The van der Waals surface area contributed by atoms with Gasteiger partial charge in [0.15, 0.2) is 0 Å². The number of nitrogens with zero attached hydrogens (tertiary/aromatic N) is 2. The van der Waals surface area contributed by atoms with Gasteiger partial charge in [-0.15, -0.1) is 0 Å². The van der Waals surface area contributed by atoms with Crippen molar-refractivity contribution in [2.24, 2.45) is 5.92 Å². The molecule has 4 heteroatoms. The summed E-state index contributed by atoms with van der Waals surface area (Å²) in [6, 6.07) is 7.97. The first-order chi connectivity index (χ1) is 18.0. The van der Waals surface area contributed by atoms with Gasteiger partial charge >= 0.3 is 0 Å². The third-order valence-corrected chi connectivity index (χ3v) is 8.99. The van der Waals surface area contributed by atoms with Crippen LogP contribution < -0.4 is 0 Å². The second-order valence-electron chi connectivity index (χ2n) is 12.0. The zero-order chi connectivity index (χ0) is 25.9. The highest BCUT2D eigenvalue weighted by atomic mass is 16.5. The number of rotatable bonds is 9. The molecule has 1 saturated carbocycles. The molecule has 3 fully saturated rings. The minimum absolute atomic E-state index is 0.413. The van der Waals surface area contributed by atoms with E-state index in [9.17, 15) is 0 Å². The molecule has 2 aromatic rings. The molecule has 1 aromatic carbocycles. The second kappa shape index (κ2) is 11.6. The highest BCUT2D eigenvalue weighted by molar-refractivity contribution is 5.92. The zero-order valence-corrected chi connectivity index (χ0v) is 23.6. The Bertz CT molecular complexity index is 1140. The molecule has 4 nitrogen and oxygen atoms in total. The maximum absolute atomic E-state index is 5.46. The summed E-state index contributed by atoms with van der Waals surface area (Å²) in [5.74, 6) is 2.99. The Morgan fingerprint density at radius 2 is 1.81 bits per heavy atom. The lowest BCUT2D eigenvalue weighted by Gasteiger charge is -2.42. The first-order valence-corrected chi connectivity index (χ1v) is 14.6. The van der Waals surface area contributed by atoms with Gasteiger partial charge < -0.3 is 19.5 Å². The fraction of sp³-hybridized carbons (Fsp3) is 0.576. The largest absolute Gasteiger partial charge is 0.501 e. The van der Waals surface area contributed by atoms with Crippen molar-refractivity contribution in [1.82, 2.24) is 14.8 Å². The molecule has 0 atom stereocenters. The van der Waals surface area contributed by atoms with Gasteiger partial charge in [-0.05, 0) is 119 Å². The predicted octanol–water partition coefficient (Wildman–Crippen LogP) is 7.46. The van der Waals surface area contributed by atoms with Crippen molar-refractivity contribution >= 4 is 16.5 Å². The molecule has 37 heavy (non-hydrogen) atoms. The highest BCUT2D eigenvalue weighted by Gasteiger charge is 2.31. The van der Waals surface area contributed by atoms with Gasteiger partial charge in [-0.3, -0.25) is 0 Å². The molecule has 0 unspecified atom stereocenters. The van der Waals surface area contributed by atoms with Crippen molar-refractivity contribution in [1.29, 1.82) is 0 Å². The van der Waals surface area contributed by atoms with E-state index < -0.39 is 0 Å². The van der Waals surface area contributed by atoms with Crippen LogP contribution in [0, 0.1) is 5.92 Å². The standard InChI is InChI=1S/C33H47N3O/c1-6-7-28(20-24(4)37-5)33-32(23(2)3)30-21-27(10-11-31(30)34-33)26-12-18-36(19-13-26)29-14-16-35(17-15-29)22-25-8-9-25/h6-7,10-11,20-21,23,25-26,29,34H,1,8-9,12-19,22H2,2-5H3/b24-20+,28-7+. The van der Waals surface area contributed by atoms with Crippen molar-refractivity contribution in [2.75, 3.05) is 39.8 Å². The van der Waals surface area contributed by atoms with Crippen LogP contribution in [0.2, 0.25) is 0 Å². The summed E-state index contributed by atoms with van der Waals surface area (Å²) in [5, 5.41) is 1.37. The SMILES string of the molecule is C=C/C=C(\C=C(/C)OC)c1[nH]c2ccc(C3CCN(C4CCN(CC5CC5)CC4)CC3)cc2c1C(C)C. The fourth-order valence-corrected chi connectivity index (χ4v) is 6.65. The number of allylic oxidation sites excluding steroid dienone is 5. The number of piperidine rings is 2. The number of benzene rings is 1. The maximum Gasteiger partial charge on any atom is 0.0931 e. The van der Waals surface area contributed by atoms with E-state index in [1.807, 2.05) is 13.0 Å². The minimum Gasteiger partial charge on any atom is -0.501 e. The smallest absolute Gasteiger partial charge is 0.0931 e. The molecule has 200 valence electrons. The predicted molar refractivity (Wildman–Crippen MR) is 157 cm³/mol. The van der Waals surface area contributed by atoms with Gasteiger partial charge in [0.05, 0.1) is 18.6 Å². The molecule has 1 aliphatic carbocycles. The Kier molecular flexibility index (Phi) is 8.26. The summed E-state index contributed by atoms with van der Waals surface area (Å²) in [5.41, 5.74) is 6.42. The van der Waals surface area contributed by atoms with Crippen molar-refractivity contribution in [3.8, 4) is 0 Å². The maximum atomic E-state index is 5.46. The van der Waals surface area contributed by atoms with E-state index in [2.05, 4.69) is 65.6 Å². The van der Waals surface area contributed by atoms with Gasteiger partial charge in [0.1, 0.15) is 0 Å². The molecule has 1 aromatic heterocycles. The molecule has 3 aliphatic rings. The average molecular weight is 502 g/mol. The van der Waals surface area contributed by atoms with Crippen molar-refractivity contribution in [3.63, 3.8) is 0 Å². The molecular formula is C33H47N3O. The van der Waals surface area contributed by atoms with Crippen LogP contribution in [0.1, 0.15) is 88.0 Å². The van der Waals surface area contributed by atoms with E-state index in [0.29, 0.717) is 11.8 Å². The van der Waals surface area contributed by atoms with Crippen molar-refractivity contribution < 1.29 is 4.74 Å². The molecule has 2 aliphatic heterocycles. The Labute approximate surface area is 224 Å². The Morgan fingerprint density at radius 3 is 2.43 bits per heavy atom. The summed E-state index contributed by atoms with van der Waals surface area (Å²) in [6.07, 6.45) is 14.3. The number of fused-ring (bicyclic) bond motifs is 1. The molecule has 1 N–H and O–H groups in total. The third kappa shape index (κ3) is 6.07. The summed E-state index contributed by atoms with van der Waals surface area (Å²) < 4.78 is 5.46. The van der Waals surface area contributed by atoms with Gasteiger partial charge in [-0.2, -0.15) is 0 Å². The molecule has 0 amide bonds. The lowest BCUT2D eigenvalue weighted by Crippen LogP contribution is -2.47. The number of aromatic nitrogens is 1. The van der Waals surface area contributed by atoms with Crippen LogP contribution in [-0.4, -0.2) is 60.7 Å². The van der Waals surface area contributed by atoms with E-state index in [4.69, 9.17) is 4.74 Å².